The van der Waals surface area contributed by atoms with Gasteiger partial charge in [-0.05, 0) is 30.4 Å². The third-order valence-corrected chi connectivity index (χ3v) is 1.72. The first kappa shape index (κ1) is 10.6. The molecule has 6 heteroatoms. The number of carbonyl (C=O) groups excluding carboxylic acids is 1. The van der Waals surface area contributed by atoms with Crippen LogP contribution in [0.25, 0.3) is 0 Å². The largest absolute Gasteiger partial charge is 0.375 e. The molecule has 14 heavy (non-hydrogen) atoms. The topological polar surface area (TPSA) is 72.3 Å². The average Bonchev–Trinajstić information content (AvgIpc) is 2.15. The lowest BCUT2D eigenvalue weighted by Gasteiger charge is -2.13. The van der Waals surface area contributed by atoms with Gasteiger partial charge >= 0.3 is 0 Å². The van der Waals surface area contributed by atoms with Crippen LogP contribution in [0.5, 0.6) is 0 Å². The van der Waals surface area contributed by atoms with Crippen molar-refractivity contribution in [1.82, 2.24) is 5.01 Å². The third-order valence-electron chi connectivity index (χ3n) is 1.53. The summed E-state index contributed by atoms with van der Waals surface area (Å²) in [5.74, 6) is 4.07. The summed E-state index contributed by atoms with van der Waals surface area (Å²) in [4.78, 5) is 11.4. The number of nitrogens with zero attached hydrogens (tertiary/aromatic N) is 1. The summed E-state index contributed by atoms with van der Waals surface area (Å²) >= 11 is 4.49. The van der Waals surface area contributed by atoms with Crippen molar-refractivity contribution < 1.29 is 9.18 Å². The molecule has 0 bridgehead atoms. The summed E-state index contributed by atoms with van der Waals surface area (Å²) in [6, 6.07) is 5.10. The number of carbonyl (C=O) groups is 1. The maximum atomic E-state index is 12.7. The molecule has 0 aliphatic heterocycles. The lowest BCUT2D eigenvalue weighted by atomic mass is 10.2. The molecule has 0 radical (unpaired) electrons. The summed E-state index contributed by atoms with van der Waals surface area (Å²) in [7, 11) is 0. The van der Waals surface area contributed by atoms with E-state index in [-0.39, 0.29) is 10.7 Å². The third kappa shape index (κ3) is 2.24. The Morgan fingerprint density at radius 3 is 2.64 bits per heavy atom. The molecule has 0 unspecified atom stereocenters. The first-order valence-corrected chi connectivity index (χ1v) is 4.07. The van der Waals surface area contributed by atoms with Gasteiger partial charge in [0.1, 0.15) is 5.82 Å². The fourth-order valence-electron chi connectivity index (χ4n) is 0.861. The predicted octanol–water partition coefficient (Wildman–Crippen LogP) is 0.385. The van der Waals surface area contributed by atoms with Gasteiger partial charge in [-0.2, -0.15) is 0 Å². The van der Waals surface area contributed by atoms with Crippen molar-refractivity contribution in [2.75, 3.05) is 0 Å². The van der Waals surface area contributed by atoms with Gasteiger partial charge in [0.2, 0.25) is 0 Å². The minimum absolute atomic E-state index is 0.0975. The van der Waals surface area contributed by atoms with Gasteiger partial charge in [0.15, 0.2) is 5.11 Å². The zero-order chi connectivity index (χ0) is 10.7. The Morgan fingerprint density at radius 2 is 2.14 bits per heavy atom. The van der Waals surface area contributed by atoms with Gasteiger partial charge in [0.05, 0.1) is 0 Å². The quantitative estimate of drug-likeness (QED) is 0.306. The van der Waals surface area contributed by atoms with Crippen LogP contribution in [0.4, 0.5) is 4.39 Å². The maximum Gasteiger partial charge on any atom is 0.274 e. The van der Waals surface area contributed by atoms with E-state index in [1.807, 2.05) is 0 Å². The molecule has 4 nitrogen and oxygen atoms in total. The van der Waals surface area contributed by atoms with Crippen molar-refractivity contribution in [2.45, 2.75) is 0 Å². The Morgan fingerprint density at radius 1 is 1.50 bits per heavy atom. The number of hydrogen-bond acceptors (Lipinski definition) is 3. The minimum atomic E-state index is -0.642. The van der Waals surface area contributed by atoms with E-state index < -0.39 is 11.7 Å². The van der Waals surface area contributed by atoms with Crippen LogP contribution < -0.4 is 11.6 Å². The summed E-state index contributed by atoms with van der Waals surface area (Å²) in [6.45, 7) is 0. The van der Waals surface area contributed by atoms with E-state index in [2.05, 4.69) is 12.2 Å². The molecule has 0 spiro atoms. The number of hydrogen-bond donors (Lipinski definition) is 2. The fourth-order valence-corrected chi connectivity index (χ4v) is 0.944. The monoisotopic (exact) mass is 213 g/mol. The number of hydrazine groups is 1. The molecule has 0 saturated heterocycles. The number of thiocarbonyl (C=S) groups is 1. The van der Waals surface area contributed by atoms with Crippen molar-refractivity contribution in [3.05, 3.63) is 35.6 Å². The predicted molar refractivity (Wildman–Crippen MR) is 53.5 cm³/mol. The van der Waals surface area contributed by atoms with Gasteiger partial charge in [0.25, 0.3) is 5.91 Å². The van der Waals surface area contributed by atoms with Crippen LogP contribution in [0.15, 0.2) is 24.3 Å². The molecule has 74 valence electrons. The van der Waals surface area contributed by atoms with E-state index in [0.29, 0.717) is 5.01 Å². The first-order valence-electron chi connectivity index (χ1n) is 3.66. The smallest absolute Gasteiger partial charge is 0.274 e. The highest BCUT2D eigenvalue weighted by Crippen LogP contribution is 2.05. The van der Waals surface area contributed by atoms with E-state index in [1.165, 1.54) is 18.2 Å². The molecule has 1 aromatic carbocycles. The van der Waals surface area contributed by atoms with Gasteiger partial charge in [-0.3, -0.25) is 4.79 Å². The number of amides is 1. The Bertz CT molecular complexity index is 383. The van der Waals surface area contributed by atoms with Gasteiger partial charge in [0, 0.05) is 5.56 Å². The van der Waals surface area contributed by atoms with Crippen molar-refractivity contribution in [3.63, 3.8) is 0 Å². The molecular weight excluding hydrogens is 205 g/mol. The van der Waals surface area contributed by atoms with Crippen LogP contribution in [0.3, 0.4) is 0 Å². The molecule has 1 rings (SSSR count). The van der Waals surface area contributed by atoms with E-state index >= 15 is 0 Å². The molecular formula is C8H8FN3OS. The molecule has 0 aliphatic carbocycles. The van der Waals surface area contributed by atoms with Crippen molar-refractivity contribution in [3.8, 4) is 0 Å². The van der Waals surface area contributed by atoms with Crippen LogP contribution in [0.1, 0.15) is 10.4 Å². The zero-order valence-electron chi connectivity index (χ0n) is 7.11. The average molecular weight is 213 g/mol. The van der Waals surface area contributed by atoms with Crippen LogP contribution in [-0.4, -0.2) is 16.0 Å². The van der Waals surface area contributed by atoms with E-state index in [9.17, 15) is 9.18 Å². The molecule has 0 atom stereocenters. The van der Waals surface area contributed by atoms with E-state index in [0.717, 1.165) is 6.07 Å². The van der Waals surface area contributed by atoms with E-state index in [1.54, 1.807) is 0 Å². The molecule has 4 N–H and O–H groups in total. The molecule has 0 fully saturated rings. The number of halogens is 1. The molecule has 0 saturated carbocycles. The summed E-state index contributed by atoms with van der Waals surface area (Å²) < 4.78 is 12.7. The summed E-state index contributed by atoms with van der Waals surface area (Å²) in [6.07, 6.45) is 0. The summed E-state index contributed by atoms with van der Waals surface area (Å²) in [5.41, 5.74) is 5.23. The molecule has 1 amide bonds. The van der Waals surface area contributed by atoms with Gasteiger partial charge < -0.3 is 5.73 Å². The van der Waals surface area contributed by atoms with Crippen molar-refractivity contribution in [2.24, 2.45) is 11.6 Å². The van der Waals surface area contributed by atoms with Gasteiger partial charge in [-0.25, -0.2) is 15.2 Å². The van der Waals surface area contributed by atoms with Crippen LogP contribution >= 0.6 is 12.2 Å². The molecule has 1 aromatic rings. The van der Waals surface area contributed by atoms with Crippen LogP contribution in [0.2, 0.25) is 0 Å². The van der Waals surface area contributed by atoms with Crippen LogP contribution in [-0.2, 0) is 0 Å². The fraction of sp³-hybridized carbons (Fsp3) is 0. The first-order chi connectivity index (χ1) is 6.52. The number of benzene rings is 1. The second-order valence-electron chi connectivity index (χ2n) is 2.52. The minimum Gasteiger partial charge on any atom is -0.375 e. The lowest BCUT2D eigenvalue weighted by Crippen LogP contribution is -2.45. The maximum absolute atomic E-state index is 12.7. The highest BCUT2D eigenvalue weighted by Gasteiger charge is 2.14. The standard InChI is InChI=1S/C8H8FN3OS/c9-6-3-1-2-5(4-6)7(13)12(11)8(10)14/h1-4H,11H2,(H2,10,14). The van der Waals surface area contributed by atoms with E-state index in [4.69, 9.17) is 11.6 Å². The molecule has 0 heterocycles. The molecule has 0 aliphatic rings. The second-order valence-corrected chi connectivity index (χ2v) is 2.94. The normalized spacial score (nSPS) is 9.57. The Balaban J connectivity index is 2.95. The highest BCUT2D eigenvalue weighted by atomic mass is 32.1. The molecule has 0 aromatic heterocycles. The highest BCUT2D eigenvalue weighted by molar-refractivity contribution is 7.80. The van der Waals surface area contributed by atoms with Gasteiger partial charge in [-0.1, -0.05) is 6.07 Å². The lowest BCUT2D eigenvalue weighted by molar-refractivity contribution is 0.0848. The Hall–Kier alpha value is -1.53. The van der Waals surface area contributed by atoms with Crippen molar-refractivity contribution in [1.29, 1.82) is 0 Å². The summed E-state index contributed by atoms with van der Waals surface area (Å²) in [5, 5.41) is 0.323. The number of rotatable bonds is 1. The Labute approximate surface area is 85.3 Å². The van der Waals surface area contributed by atoms with Crippen molar-refractivity contribution >= 4 is 23.2 Å². The number of nitrogens with two attached hydrogens (primary N) is 2. The Kier molecular flexibility index (Phi) is 3.10. The van der Waals surface area contributed by atoms with Gasteiger partial charge in [-0.15, -0.1) is 0 Å². The SMILES string of the molecule is NC(=S)N(N)C(=O)c1cccc(F)c1. The zero-order valence-corrected chi connectivity index (χ0v) is 7.92. The second kappa shape index (κ2) is 4.12. The van der Waals surface area contributed by atoms with Crippen LogP contribution in [0, 0.1) is 5.82 Å².